The molecule has 0 radical (unpaired) electrons. The second-order valence-electron chi connectivity index (χ2n) is 5.73. The Morgan fingerprint density at radius 2 is 2.15 bits per heavy atom. The zero-order chi connectivity index (χ0) is 14.3. The van der Waals surface area contributed by atoms with E-state index >= 15 is 0 Å². The van der Waals surface area contributed by atoms with E-state index in [4.69, 9.17) is 0 Å². The van der Waals surface area contributed by atoms with Crippen molar-refractivity contribution >= 4 is 49.1 Å². The minimum Gasteiger partial charge on any atom is -0.338 e. The van der Waals surface area contributed by atoms with Crippen molar-refractivity contribution in [2.24, 2.45) is 5.92 Å². The van der Waals surface area contributed by atoms with E-state index in [1.807, 2.05) is 11.0 Å². The molecule has 0 spiro atoms. The van der Waals surface area contributed by atoms with Gasteiger partial charge < -0.3 is 9.80 Å². The normalized spacial score (nSPS) is 27.4. The SMILES string of the molecule is CN1CCCC2CN(C(=O)c3cc(Br)sc3Br)CCC21. The van der Waals surface area contributed by atoms with Crippen LogP contribution in [0.5, 0.6) is 0 Å². The van der Waals surface area contributed by atoms with Crippen LogP contribution in [-0.2, 0) is 0 Å². The lowest BCUT2D eigenvalue weighted by Gasteiger charge is -2.45. The van der Waals surface area contributed by atoms with E-state index in [1.54, 1.807) is 11.3 Å². The van der Waals surface area contributed by atoms with Crippen LogP contribution < -0.4 is 0 Å². The lowest BCUT2D eigenvalue weighted by Crippen LogP contribution is -2.53. The second-order valence-corrected chi connectivity index (χ2v) is 9.48. The number of amides is 1. The standard InChI is InChI=1S/C14H18Br2N2OS/c1-17-5-2-3-9-8-18(6-4-11(9)17)14(19)10-7-12(15)20-13(10)16/h7,9,11H,2-6,8H2,1H3. The average molecular weight is 422 g/mol. The van der Waals surface area contributed by atoms with Crippen LogP contribution in [-0.4, -0.2) is 48.4 Å². The van der Waals surface area contributed by atoms with Crippen molar-refractivity contribution in [3.05, 3.63) is 19.2 Å². The van der Waals surface area contributed by atoms with Crippen LogP contribution in [0.3, 0.4) is 0 Å². The average Bonchev–Trinajstić information content (AvgIpc) is 2.77. The highest BCUT2D eigenvalue weighted by molar-refractivity contribution is 9.12. The molecule has 1 aromatic rings. The molecule has 3 nitrogen and oxygen atoms in total. The summed E-state index contributed by atoms with van der Waals surface area (Å²) in [7, 11) is 2.22. The van der Waals surface area contributed by atoms with Crippen molar-refractivity contribution in [2.75, 3.05) is 26.7 Å². The summed E-state index contributed by atoms with van der Waals surface area (Å²) in [4.78, 5) is 17.2. The van der Waals surface area contributed by atoms with Crippen molar-refractivity contribution in [1.29, 1.82) is 0 Å². The molecule has 6 heteroatoms. The third-order valence-electron chi connectivity index (χ3n) is 4.52. The van der Waals surface area contributed by atoms with Gasteiger partial charge in [-0.2, -0.15) is 0 Å². The number of halogens is 2. The molecule has 3 rings (SSSR count). The smallest absolute Gasteiger partial charge is 0.255 e. The molecular weight excluding hydrogens is 404 g/mol. The molecule has 0 N–H and O–H groups in total. The Balaban J connectivity index is 1.73. The summed E-state index contributed by atoms with van der Waals surface area (Å²) in [6.07, 6.45) is 3.62. The summed E-state index contributed by atoms with van der Waals surface area (Å²) in [5.74, 6) is 0.817. The molecule has 1 aromatic heterocycles. The summed E-state index contributed by atoms with van der Waals surface area (Å²) in [5, 5.41) is 0. The van der Waals surface area contributed by atoms with Gasteiger partial charge in [-0.25, -0.2) is 0 Å². The lowest BCUT2D eigenvalue weighted by molar-refractivity contribution is 0.0316. The first-order valence-electron chi connectivity index (χ1n) is 7.00. The Labute approximate surface area is 140 Å². The summed E-state index contributed by atoms with van der Waals surface area (Å²) in [6.45, 7) is 3.00. The molecule has 2 aliphatic rings. The summed E-state index contributed by atoms with van der Waals surface area (Å²) in [5.41, 5.74) is 0.796. The summed E-state index contributed by atoms with van der Waals surface area (Å²) >= 11 is 8.51. The van der Waals surface area contributed by atoms with E-state index in [9.17, 15) is 4.79 Å². The van der Waals surface area contributed by atoms with Gasteiger partial charge in [0.2, 0.25) is 0 Å². The van der Waals surface area contributed by atoms with Crippen LogP contribution >= 0.6 is 43.2 Å². The molecule has 0 aromatic carbocycles. The van der Waals surface area contributed by atoms with E-state index in [2.05, 4.69) is 43.8 Å². The van der Waals surface area contributed by atoms with Gasteiger partial charge in [-0.15, -0.1) is 11.3 Å². The van der Waals surface area contributed by atoms with E-state index < -0.39 is 0 Å². The van der Waals surface area contributed by atoms with Crippen molar-refractivity contribution in [3.8, 4) is 0 Å². The molecule has 20 heavy (non-hydrogen) atoms. The van der Waals surface area contributed by atoms with E-state index in [0.717, 1.165) is 32.6 Å². The van der Waals surface area contributed by atoms with Crippen molar-refractivity contribution in [1.82, 2.24) is 9.80 Å². The van der Waals surface area contributed by atoms with Crippen molar-refractivity contribution in [2.45, 2.75) is 25.3 Å². The van der Waals surface area contributed by atoms with E-state index in [1.165, 1.54) is 19.4 Å². The number of rotatable bonds is 1. The fourth-order valence-corrected chi connectivity index (χ4v) is 6.27. The molecule has 2 saturated heterocycles. The van der Waals surface area contributed by atoms with Gasteiger partial charge in [0.15, 0.2) is 0 Å². The fourth-order valence-electron chi connectivity index (χ4n) is 3.49. The zero-order valence-corrected chi connectivity index (χ0v) is 15.4. The summed E-state index contributed by atoms with van der Waals surface area (Å²) in [6, 6.07) is 2.60. The first kappa shape index (κ1) is 15.0. The van der Waals surface area contributed by atoms with Crippen LogP contribution in [0.1, 0.15) is 29.6 Å². The molecule has 2 aliphatic heterocycles. The van der Waals surface area contributed by atoms with Gasteiger partial charge in [-0.1, -0.05) is 0 Å². The number of hydrogen-bond donors (Lipinski definition) is 0. The van der Waals surface area contributed by atoms with Gasteiger partial charge in [-0.3, -0.25) is 4.79 Å². The number of fused-ring (bicyclic) bond motifs is 1. The van der Waals surface area contributed by atoms with Crippen LogP contribution in [0.15, 0.2) is 13.6 Å². The minimum absolute atomic E-state index is 0.172. The topological polar surface area (TPSA) is 23.6 Å². The maximum atomic E-state index is 12.7. The Bertz CT molecular complexity index is 519. The molecule has 0 aliphatic carbocycles. The Kier molecular flexibility index (Phi) is 4.55. The Morgan fingerprint density at radius 3 is 2.85 bits per heavy atom. The van der Waals surface area contributed by atoms with Crippen LogP contribution in [0.4, 0.5) is 0 Å². The van der Waals surface area contributed by atoms with Gasteiger partial charge >= 0.3 is 0 Å². The maximum Gasteiger partial charge on any atom is 0.255 e. The van der Waals surface area contributed by atoms with Gasteiger partial charge in [0.25, 0.3) is 5.91 Å². The van der Waals surface area contributed by atoms with Crippen LogP contribution in [0.2, 0.25) is 0 Å². The van der Waals surface area contributed by atoms with Crippen molar-refractivity contribution in [3.63, 3.8) is 0 Å². The largest absolute Gasteiger partial charge is 0.338 e. The molecule has 2 unspecified atom stereocenters. The zero-order valence-electron chi connectivity index (χ0n) is 11.4. The van der Waals surface area contributed by atoms with Crippen molar-refractivity contribution < 1.29 is 4.79 Å². The van der Waals surface area contributed by atoms with E-state index in [0.29, 0.717) is 12.0 Å². The first-order chi connectivity index (χ1) is 9.56. The lowest BCUT2D eigenvalue weighted by atomic mass is 9.84. The van der Waals surface area contributed by atoms with Gasteiger partial charge in [-0.05, 0) is 76.7 Å². The third-order valence-corrected chi connectivity index (χ3v) is 6.86. The van der Waals surface area contributed by atoms with Gasteiger partial charge in [0, 0.05) is 19.1 Å². The number of thiophene rings is 1. The number of nitrogens with zero attached hydrogens (tertiary/aromatic N) is 2. The number of carbonyl (C=O) groups is 1. The quantitative estimate of drug-likeness (QED) is 0.687. The highest BCUT2D eigenvalue weighted by Crippen LogP contribution is 2.35. The number of piperidine rings is 2. The second kappa shape index (κ2) is 6.07. The highest BCUT2D eigenvalue weighted by Gasteiger charge is 2.36. The molecule has 1 amide bonds. The minimum atomic E-state index is 0.172. The predicted molar refractivity (Wildman–Crippen MR) is 89.4 cm³/mol. The maximum absolute atomic E-state index is 12.7. The van der Waals surface area contributed by atoms with Crippen LogP contribution in [0.25, 0.3) is 0 Å². The Hall–Kier alpha value is 0.0900. The fraction of sp³-hybridized carbons (Fsp3) is 0.643. The number of hydrogen-bond acceptors (Lipinski definition) is 3. The predicted octanol–water partition coefficient (Wildman–Crippen LogP) is 3.83. The van der Waals surface area contributed by atoms with Gasteiger partial charge in [0.1, 0.15) is 0 Å². The highest BCUT2D eigenvalue weighted by atomic mass is 79.9. The van der Waals surface area contributed by atoms with Gasteiger partial charge in [0.05, 0.1) is 13.1 Å². The molecule has 0 bridgehead atoms. The third kappa shape index (κ3) is 2.85. The molecule has 110 valence electrons. The number of likely N-dealkylation sites (tertiary alicyclic amines) is 2. The monoisotopic (exact) mass is 420 g/mol. The molecule has 0 saturated carbocycles. The molecule has 2 fully saturated rings. The Morgan fingerprint density at radius 1 is 1.35 bits per heavy atom. The van der Waals surface area contributed by atoms with Crippen LogP contribution in [0, 0.1) is 5.92 Å². The molecule has 2 atom stereocenters. The molecular formula is C14H18Br2N2OS. The van der Waals surface area contributed by atoms with E-state index in [-0.39, 0.29) is 5.91 Å². The number of carbonyl (C=O) groups excluding carboxylic acids is 1. The first-order valence-corrected chi connectivity index (χ1v) is 9.41. The summed E-state index contributed by atoms with van der Waals surface area (Å²) < 4.78 is 1.93. The molecule has 3 heterocycles.